The van der Waals surface area contributed by atoms with Gasteiger partial charge in [0.2, 0.25) is 11.9 Å². The quantitative estimate of drug-likeness (QED) is 0.238. The normalized spacial score (nSPS) is 11.5. The predicted octanol–water partition coefficient (Wildman–Crippen LogP) is 5.51. The van der Waals surface area contributed by atoms with E-state index in [0.29, 0.717) is 12.5 Å². The Kier molecular flexibility index (Phi) is 7.47. The van der Waals surface area contributed by atoms with Gasteiger partial charge in [-0.05, 0) is 54.4 Å². The van der Waals surface area contributed by atoms with Crippen molar-refractivity contribution in [2.45, 2.75) is 25.8 Å². The van der Waals surface area contributed by atoms with E-state index in [-0.39, 0.29) is 5.75 Å². The fourth-order valence-corrected chi connectivity index (χ4v) is 5.20. The van der Waals surface area contributed by atoms with Crippen molar-refractivity contribution in [1.82, 2.24) is 19.5 Å². The minimum atomic E-state index is -3.08. The van der Waals surface area contributed by atoms with Crippen molar-refractivity contribution in [3.8, 4) is 0 Å². The third-order valence-corrected chi connectivity index (χ3v) is 7.21. The van der Waals surface area contributed by atoms with E-state index in [4.69, 9.17) is 4.98 Å². The smallest absolute Gasteiger partial charge is 0.229 e. The first-order chi connectivity index (χ1) is 18.8. The number of benzene rings is 3. The van der Waals surface area contributed by atoms with E-state index in [0.717, 1.165) is 46.3 Å². The molecule has 5 aromatic rings. The molecule has 0 fully saturated rings. The third kappa shape index (κ3) is 6.35. The second-order valence-electron chi connectivity index (χ2n) is 9.38. The molecular weight excluding hydrogens is 510 g/mol. The highest BCUT2D eigenvalue weighted by atomic mass is 32.2. The van der Waals surface area contributed by atoms with Crippen molar-refractivity contribution in [3.05, 3.63) is 96.2 Å². The molecule has 39 heavy (non-hydrogen) atoms. The zero-order valence-corrected chi connectivity index (χ0v) is 23.0. The van der Waals surface area contributed by atoms with Gasteiger partial charge in [-0.25, -0.2) is 18.4 Å². The average molecular weight is 542 g/mol. The van der Waals surface area contributed by atoms with Gasteiger partial charge < -0.3 is 20.1 Å². The highest BCUT2D eigenvalue weighted by Gasteiger charge is 2.13. The first-order valence-corrected chi connectivity index (χ1v) is 14.7. The van der Waals surface area contributed by atoms with Crippen LogP contribution < -0.4 is 15.5 Å². The summed E-state index contributed by atoms with van der Waals surface area (Å²) in [6.07, 6.45) is 2.93. The number of aryl methyl sites for hydroxylation is 1. The fraction of sp³-hybridized carbons (Fsp3) is 0.207. The van der Waals surface area contributed by atoms with Crippen molar-refractivity contribution in [1.29, 1.82) is 0 Å². The Morgan fingerprint density at radius 2 is 1.69 bits per heavy atom. The van der Waals surface area contributed by atoms with Gasteiger partial charge in [0.1, 0.15) is 5.82 Å². The molecule has 5 rings (SSSR count). The number of nitrogens with one attached hydrogen (secondary N) is 2. The van der Waals surface area contributed by atoms with Gasteiger partial charge >= 0.3 is 0 Å². The lowest BCUT2D eigenvalue weighted by molar-refractivity contribution is 0.601. The second-order valence-corrected chi connectivity index (χ2v) is 11.5. The molecule has 0 bridgehead atoms. The summed E-state index contributed by atoms with van der Waals surface area (Å²) in [6.45, 7) is 3.62. The van der Waals surface area contributed by atoms with Crippen LogP contribution in [0.15, 0.2) is 85.1 Å². The standard InChI is InChI=1S/C29H31N7O2S/c1-4-36-26-15-14-24(18-25(26)33-29(36)31-19-21-8-6-5-7-9-21)35(2)27-16-17-30-28(34-27)32-23-12-10-22(11-13-23)20-39(3,37)38/h5-18H,4,19-20H2,1-3H3,(H,31,33)(H,30,32,34). The van der Waals surface area contributed by atoms with Crippen LogP contribution in [-0.4, -0.2) is 41.2 Å². The van der Waals surface area contributed by atoms with Crippen LogP contribution in [0.1, 0.15) is 18.1 Å². The molecule has 2 N–H and O–H groups in total. The van der Waals surface area contributed by atoms with Crippen LogP contribution in [0.5, 0.6) is 0 Å². The van der Waals surface area contributed by atoms with Crippen LogP contribution in [0.2, 0.25) is 0 Å². The zero-order valence-electron chi connectivity index (χ0n) is 22.2. The Morgan fingerprint density at radius 1 is 0.923 bits per heavy atom. The van der Waals surface area contributed by atoms with Gasteiger partial charge in [0, 0.05) is 44.0 Å². The lowest BCUT2D eigenvalue weighted by atomic mass is 10.2. The van der Waals surface area contributed by atoms with E-state index in [1.807, 2.05) is 48.3 Å². The summed E-state index contributed by atoms with van der Waals surface area (Å²) in [5.74, 6) is 2.01. The van der Waals surface area contributed by atoms with Gasteiger partial charge in [-0.3, -0.25) is 0 Å². The Hall–Kier alpha value is -4.44. The van der Waals surface area contributed by atoms with Crippen molar-refractivity contribution < 1.29 is 8.42 Å². The Balaban J connectivity index is 1.33. The summed E-state index contributed by atoms with van der Waals surface area (Å²) >= 11 is 0. The molecule has 2 aromatic heterocycles. The van der Waals surface area contributed by atoms with E-state index >= 15 is 0 Å². The molecule has 3 aromatic carbocycles. The van der Waals surface area contributed by atoms with Gasteiger partial charge in [-0.2, -0.15) is 4.98 Å². The predicted molar refractivity (Wildman–Crippen MR) is 158 cm³/mol. The lowest BCUT2D eigenvalue weighted by Gasteiger charge is -2.19. The number of aromatic nitrogens is 4. The van der Waals surface area contributed by atoms with E-state index in [9.17, 15) is 8.42 Å². The van der Waals surface area contributed by atoms with E-state index in [1.54, 1.807) is 18.3 Å². The number of hydrogen-bond acceptors (Lipinski definition) is 8. The van der Waals surface area contributed by atoms with Crippen molar-refractivity contribution in [2.24, 2.45) is 0 Å². The molecule has 0 aliphatic heterocycles. The van der Waals surface area contributed by atoms with Gasteiger partial charge in [0.05, 0.1) is 16.8 Å². The molecule has 200 valence electrons. The van der Waals surface area contributed by atoms with Gasteiger partial charge in [-0.1, -0.05) is 42.5 Å². The summed E-state index contributed by atoms with van der Waals surface area (Å²) in [6, 6.07) is 25.5. The Labute approximate surface area is 228 Å². The van der Waals surface area contributed by atoms with Crippen molar-refractivity contribution >= 4 is 50.0 Å². The highest BCUT2D eigenvalue weighted by Crippen LogP contribution is 2.28. The minimum absolute atomic E-state index is 0.00941. The summed E-state index contributed by atoms with van der Waals surface area (Å²) < 4.78 is 25.2. The zero-order chi connectivity index (χ0) is 27.4. The topological polar surface area (TPSA) is 105 Å². The van der Waals surface area contributed by atoms with Gasteiger partial charge in [0.25, 0.3) is 0 Å². The van der Waals surface area contributed by atoms with Gasteiger partial charge in [-0.15, -0.1) is 0 Å². The fourth-order valence-electron chi connectivity index (χ4n) is 4.40. The third-order valence-electron chi connectivity index (χ3n) is 6.35. The first kappa shape index (κ1) is 26.2. The molecule has 0 amide bonds. The molecule has 0 saturated carbocycles. The number of nitrogens with zero attached hydrogens (tertiary/aromatic N) is 5. The summed E-state index contributed by atoms with van der Waals surface area (Å²) in [5, 5.41) is 6.67. The number of fused-ring (bicyclic) bond motifs is 1. The van der Waals surface area contributed by atoms with E-state index in [2.05, 4.69) is 62.4 Å². The molecule has 0 aliphatic rings. The SMILES string of the molecule is CCn1c(NCc2ccccc2)nc2cc(N(C)c3ccnc(Nc4ccc(CS(C)(=O)=O)cc4)n3)ccc21. The first-order valence-electron chi connectivity index (χ1n) is 12.7. The number of sulfone groups is 1. The number of anilines is 5. The molecule has 0 saturated heterocycles. The second kappa shape index (κ2) is 11.1. The number of rotatable bonds is 10. The monoisotopic (exact) mass is 541 g/mol. The maximum Gasteiger partial charge on any atom is 0.229 e. The molecular formula is C29H31N7O2S. The molecule has 10 heteroatoms. The molecule has 0 atom stereocenters. The molecule has 0 unspecified atom stereocenters. The minimum Gasteiger partial charge on any atom is -0.352 e. The Morgan fingerprint density at radius 3 is 2.41 bits per heavy atom. The van der Waals surface area contributed by atoms with Crippen LogP contribution >= 0.6 is 0 Å². The Bertz CT molecular complexity index is 1680. The highest BCUT2D eigenvalue weighted by molar-refractivity contribution is 7.89. The molecule has 0 radical (unpaired) electrons. The van der Waals surface area contributed by atoms with Crippen molar-refractivity contribution in [3.63, 3.8) is 0 Å². The van der Waals surface area contributed by atoms with E-state index in [1.165, 1.54) is 11.8 Å². The summed E-state index contributed by atoms with van der Waals surface area (Å²) in [7, 11) is -1.12. The molecule has 2 heterocycles. The van der Waals surface area contributed by atoms with Crippen LogP contribution in [0.25, 0.3) is 11.0 Å². The van der Waals surface area contributed by atoms with Crippen LogP contribution in [0.4, 0.5) is 29.1 Å². The van der Waals surface area contributed by atoms with Crippen LogP contribution in [0, 0.1) is 0 Å². The maximum absolute atomic E-state index is 11.5. The number of hydrogen-bond donors (Lipinski definition) is 2. The summed E-state index contributed by atoms with van der Waals surface area (Å²) in [5.41, 5.74) is 5.62. The molecule has 9 nitrogen and oxygen atoms in total. The molecule has 0 aliphatic carbocycles. The largest absolute Gasteiger partial charge is 0.352 e. The van der Waals surface area contributed by atoms with Gasteiger partial charge in [0.15, 0.2) is 9.84 Å². The average Bonchev–Trinajstić information content (AvgIpc) is 3.29. The van der Waals surface area contributed by atoms with E-state index < -0.39 is 9.84 Å². The lowest BCUT2D eigenvalue weighted by Crippen LogP contribution is -2.12. The molecule has 0 spiro atoms. The summed E-state index contributed by atoms with van der Waals surface area (Å²) in [4.78, 5) is 15.9. The number of imidazole rings is 1. The van der Waals surface area contributed by atoms with Crippen LogP contribution in [0.3, 0.4) is 0 Å². The maximum atomic E-state index is 11.5. The van der Waals surface area contributed by atoms with Crippen molar-refractivity contribution in [2.75, 3.05) is 28.8 Å². The van der Waals surface area contributed by atoms with Crippen LogP contribution in [-0.2, 0) is 28.7 Å².